The lowest BCUT2D eigenvalue weighted by atomic mass is 10.1. The zero-order valence-corrected chi connectivity index (χ0v) is 22.7. The van der Waals surface area contributed by atoms with Crippen molar-refractivity contribution < 1.29 is 22.7 Å². The minimum atomic E-state index is -3.88. The minimum absolute atomic E-state index is 0.0873. The third-order valence-corrected chi connectivity index (χ3v) is 7.43. The number of ether oxygens (including phenoxy) is 1. The van der Waals surface area contributed by atoms with Crippen LogP contribution in [0, 0.1) is 0 Å². The van der Waals surface area contributed by atoms with E-state index in [-0.39, 0.29) is 29.9 Å². The molecule has 0 heterocycles. The molecule has 2 aromatic carbocycles. The zero-order valence-electron chi connectivity index (χ0n) is 20.4. The van der Waals surface area contributed by atoms with Crippen LogP contribution < -0.4 is 14.4 Å². The van der Waals surface area contributed by atoms with Crippen LogP contribution in [0.4, 0.5) is 5.69 Å². The second kappa shape index (κ2) is 12.5. The molecule has 0 aliphatic heterocycles. The Morgan fingerprint density at radius 3 is 2.20 bits per heavy atom. The number of nitrogens with one attached hydrogen (secondary N) is 1. The van der Waals surface area contributed by atoms with Crippen LogP contribution in [0.1, 0.15) is 32.8 Å². The van der Waals surface area contributed by atoms with E-state index in [1.807, 2.05) is 13.8 Å². The topological polar surface area (TPSA) is 96.0 Å². The van der Waals surface area contributed by atoms with Gasteiger partial charge in [-0.2, -0.15) is 0 Å². The first kappa shape index (κ1) is 28.7. The third kappa shape index (κ3) is 7.49. The molecule has 0 aliphatic rings. The van der Waals surface area contributed by atoms with Gasteiger partial charge in [-0.1, -0.05) is 48.3 Å². The quantitative estimate of drug-likeness (QED) is 0.460. The molecule has 0 spiro atoms. The smallest absolute Gasteiger partial charge is 0.244 e. The molecular weight excluding hydrogens is 513 g/mol. The van der Waals surface area contributed by atoms with Crippen molar-refractivity contribution in [3.63, 3.8) is 0 Å². The van der Waals surface area contributed by atoms with E-state index < -0.39 is 28.5 Å². The molecule has 0 saturated carbocycles. The number of rotatable bonds is 11. The van der Waals surface area contributed by atoms with Crippen molar-refractivity contribution in [3.05, 3.63) is 58.1 Å². The number of carbonyl (C=O) groups excluding carboxylic acids is 2. The van der Waals surface area contributed by atoms with Crippen molar-refractivity contribution >= 4 is 50.7 Å². The van der Waals surface area contributed by atoms with Gasteiger partial charge in [0.05, 0.1) is 19.1 Å². The summed E-state index contributed by atoms with van der Waals surface area (Å²) < 4.78 is 31.6. The molecule has 0 bridgehead atoms. The first-order valence-electron chi connectivity index (χ1n) is 11.0. The number of hydrogen-bond donors (Lipinski definition) is 1. The SMILES string of the molecule is CC[C@H](C)NC(=O)[C@H](C)N(Cc1c(Cl)cccc1Cl)C(=O)CN(c1ccccc1OC)S(C)(=O)=O. The summed E-state index contributed by atoms with van der Waals surface area (Å²) in [6, 6.07) is 10.4. The van der Waals surface area contributed by atoms with E-state index in [4.69, 9.17) is 27.9 Å². The lowest BCUT2D eigenvalue weighted by molar-refractivity contribution is -0.139. The van der Waals surface area contributed by atoms with Gasteiger partial charge in [0.2, 0.25) is 21.8 Å². The summed E-state index contributed by atoms with van der Waals surface area (Å²) in [5, 5.41) is 3.52. The van der Waals surface area contributed by atoms with Crippen molar-refractivity contribution in [3.8, 4) is 5.75 Å². The Morgan fingerprint density at radius 1 is 1.06 bits per heavy atom. The molecule has 2 atom stereocenters. The number of methoxy groups -OCH3 is 1. The molecule has 8 nitrogen and oxygen atoms in total. The van der Waals surface area contributed by atoms with Crippen molar-refractivity contribution in [2.45, 2.75) is 45.8 Å². The number of benzene rings is 2. The maximum atomic E-state index is 13.6. The Kier molecular flexibility index (Phi) is 10.2. The number of amides is 2. The van der Waals surface area contributed by atoms with Gasteiger partial charge in [-0.05, 0) is 44.5 Å². The van der Waals surface area contributed by atoms with Crippen molar-refractivity contribution in [1.29, 1.82) is 0 Å². The molecule has 2 amide bonds. The number of sulfonamides is 1. The van der Waals surface area contributed by atoms with Crippen LogP contribution in [-0.2, 0) is 26.2 Å². The predicted octanol–water partition coefficient (Wildman–Crippen LogP) is 4.10. The third-order valence-electron chi connectivity index (χ3n) is 5.59. The van der Waals surface area contributed by atoms with Crippen molar-refractivity contribution in [2.24, 2.45) is 0 Å². The Labute approximate surface area is 217 Å². The lowest BCUT2D eigenvalue weighted by Gasteiger charge is -2.32. The van der Waals surface area contributed by atoms with Crippen LogP contribution in [-0.4, -0.2) is 57.1 Å². The normalized spacial score (nSPS) is 13.0. The number of carbonyl (C=O) groups is 2. The molecule has 0 fully saturated rings. The molecule has 2 rings (SSSR count). The highest BCUT2D eigenvalue weighted by Crippen LogP contribution is 2.30. The number of halogens is 2. The molecule has 0 aromatic heterocycles. The first-order valence-corrected chi connectivity index (χ1v) is 13.6. The molecule has 35 heavy (non-hydrogen) atoms. The Hall–Kier alpha value is -2.49. The summed E-state index contributed by atoms with van der Waals surface area (Å²) in [5.41, 5.74) is 0.661. The van der Waals surface area contributed by atoms with Crippen molar-refractivity contribution in [2.75, 3.05) is 24.2 Å². The molecular formula is C24H31Cl2N3O5S. The highest BCUT2D eigenvalue weighted by molar-refractivity contribution is 7.92. The van der Waals surface area contributed by atoms with Gasteiger partial charge >= 0.3 is 0 Å². The summed E-state index contributed by atoms with van der Waals surface area (Å²) in [6.07, 6.45) is 1.71. The Bertz CT molecular complexity index is 1140. The molecule has 1 N–H and O–H groups in total. The standard InChI is InChI=1S/C24H31Cl2N3O5S/c1-6-16(2)27-24(31)17(3)28(14-18-19(25)10-9-11-20(18)26)23(30)15-29(35(5,32)33)21-12-7-8-13-22(21)34-4/h7-13,16-17H,6,14-15H2,1-5H3,(H,27,31)/t16-,17-/m0/s1. The second-order valence-corrected chi connectivity index (χ2v) is 10.9. The predicted molar refractivity (Wildman–Crippen MR) is 140 cm³/mol. The van der Waals surface area contributed by atoms with E-state index in [1.165, 1.54) is 12.0 Å². The fraction of sp³-hybridized carbons (Fsp3) is 0.417. The maximum Gasteiger partial charge on any atom is 0.244 e. The van der Waals surface area contributed by atoms with Gasteiger partial charge in [0.15, 0.2) is 0 Å². The van der Waals surface area contributed by atoms with Gasteiger partial charge in [-0.15, -0.1) is 0 Å². The van der Waals surface area contributed by atoms with Gasteiger partial charge in [-0.3, -0.25) is 13.9 Å². The number of nitrogens with zero attached hydrogens (tertiary/aromatic N) is 2. The summed E-state index contributed by atoms with van der Waals surface area (Å²) in [5.74, 6) is -0.697. The monoisotopic (exact) mass is 543 g/mol. The minimum Gasteiger partial charge on any atom is -0.495 e. The van der Waals surface area contributed by atoms with Crippen LogP contribution in [0.15, 0.2) is 42.5 Å². The van der Waals surface area contributed by atoms with E-state index in [0.717, 1.165) is 10.6 Å². The Morgan fingerprint density at radius 2 is 1.66 bits per heavy atom. The second-order valence-electron chi connectivity index (χ2n) is 8.16. The van der Waals surface area contributed by atoms with Crippen molar-refractivity contribution in [1.82, 2.24) is 10.2 Å². The van der Waals surface area contributed by atoms with E-state index in [9.17, 15) is 18.0 Å². The van der Waals surface area contributed by atoms with E-state index in [2.05, 4.69) is 5.32 Å². The zero-order chi connectivity index (χ0) is 26.3. The molecule has 192 valence electrons. The van der Waals surface area contributed by atoms with Crippen LogP contribution >= 0.6 is 23.2 Å². The van der Waals surface area contributed by atoms with Crippen LogP contribution in [0.3, 0.4) is 0 Å². The van der Waals surface area contributed by atoms with Gasteiger partial charge in [0.1, 0.15) is 18.3 Å². The first-order chi connectivity index (χ1) is 16.4. The van der Waals surface area contributed by atoms with E-state index in [0.29, 0.717) is 22.0 Å². The largest absolute Gasteiger partial charge is 0.495 e. The summed E-state index contributed by atoms with van der Waals surface area (Å²) >= 11 is 12.7. The van der Waals surface area contributed by atoms with Gasteiger partial charge in [0.25, 0.3) is 0 Å². The molecule has 0 radical (unpaired) electrons. The maximum absolute atomic E-state index is 13.6. The number of hydrogen-bond acceptors (Lipinski definition) is 5. The highest BCUT2D eigenvalue weighted by Gasteiger charge is 2.32. The van der Waals surface area contributed by atoms with Crippen LogP contribution in [0.2, 0.25) is 10.0 Å². The molecule has 0 saturated heterocycles. The van der Waals surface area contributed by atoms with Gasteiger partial charge < -0.3 is 15.0 Å². The van der Waals surface area contributed by atoms with Gasteiger partial charge in [0, 0.05) is 28.2 Å². The molecule has 2 aromatic rings. The summed E-state index contributed by atoms with van der Waals surface area (Å²) in [7, 11) is -2.47. The van der Waals surface area contributed by atoms with Crippen LogP contribution in [0.25, 0.3) is 0 Å². The lowest BCUT2D eigenvalue weighted by Crippen LogP contribution is -2.52. The van der Waals surface area contributed by atoms with Gasteiger partial charge in [-0.25, -0.2) is 8.42 Å². The van der Waals surface area contributed by atoms with Crippen LogP contribution in [0.5, 0.6) is 5.75 Å². The number of para-hydroxylation sites is 2. The molecule has 0 aliphatic carbocycles. The molecule has 0 unspecified atom stereocenters. The summed E-state index contributed by atoms with van der Waals surface area (Å²) in [6.45, 7) is 4.72. The number of anilines is 1. The van der Waals surface area contributed by atoms with E-state index >= 15 is 0 Å². The van der Waals surface area contributed by atoms with E-state index in [1.54, 1.807) is 49.4 Å². The average Bonchev–Trinajstić information content (AvgIpc) is 2.80. The molecule has 11 heteroatoms. The Balaban J connectivity index is 2.48. The fourth-order valence-corrected chi connectivity index (χ4v) is 4.70. The highest BCUT2D eigenvalue weighted by atomic mass is 35.5. The summed E-state index contributed by atoms with van der Waals surface area (Å²) in [4.78, 5) is 27.8. The fourth-order valence-electron chi connectivity index (χ4n) is 3.33. The average molecular weight is 545 g/mol.